The van der Waals surface area contributed by atoms with Crippen molar-refractivity contribution in [2.75, 3.05) is 4.90 Å². The fourth-order valence-corrected chi connectivity index (χ4v) is 14.2. The van der Waals surface area contributed by atoms with Crippen LogP contribution in [-0.2, 0) is 10.8 Å². The van der Waals surface area contributed by atoms with E-state index >= 15 is 0 Å². The standard InChI is InChI=1S/C72H47N/c1-71(2)64-30-13-9-26-56(64)58-28-17-29-59(70(58)71)63-42-62-57-27-12-16-33-67(57)72(65-31-14-10-24-54(65)55-25-11-15-32-66(55)72)68(62)43-69(63)73(46-37-36-45-35-34-44-18-3-4-19-48(44)60(45)40-46)47-38-39-53-51-22-6-5-20-49(51)50-21-7-8-23-52(50)61(53)41-47/h3-43H,1-2H3. The Morgan fingerprint density at radius 2 is 0.671 bits per heavy atom. The van der Waals surface area contributed by atoms with Crippen molar-refractivity contribution in [2.24, 2.45) is 0 Å². The minimum absolute atomic E-state index is 0.253. The van der Waals surface area contributed by atoms with Gasteiger partial charge in [-0.2, -0.15) is 0 Å². The van der Waals surface area contributed by atoms with Gasteiger partial charge in [0, 0.05) is 22.4 Å². The van der Waals surface area contributed by atoms with Crippen LogP contribution < -0.4 is 4.90 Å². The number of hydrogen-bond acceptors (Lipinski definition) is 1. The second-order valence-corrected chi connectivity index (χ2v) is 21.0. The van der Waals surface area contributed by atoms with E-state index in [4.69, 9.17) is 0 Å². The van der Waals surface area contributed by atoms with Crippen molar-refractivity contribution >= 4 is 70.9 Å². The zero-order valence-corrected chi connectivity index (χ0v) is 40.6. The first-order chi connectivity index (χ1) is 36.0. The van der Waals surface area contributed by atoms with Gasteiger partial charge in [0.1, 0.15) is 0 Å². The van der Waals surface area contributed by atoms with Crippen LogP contribution in [0.2, 0.25) is 0 Å². The summed E-state index contributed by atoms with van der Waals surface area (Å²) in [5.74, 6) is 0. The maximum atomic E-state index is 2.62. The monoisotopic (exact) mass is 925 g/mol. The Bertz CT molecular complexity index is 4470. The first-order valence-corrected chi connectivity index (χ1v) is 25.7. The number of fused-ring (bicyclic) bond motifs is 22. The van der Waals surface area contributed by atoms with Crippen LogP contribution in [0.5, 0.6) is 0 Å². The molecule has 13 aromatic carbocycles. The highest BCUT2D eigenvalue weighted by atomic mass is 15.1. The van der Waals surface area contributed by atoms with E-state index in [-0.39, 0.29) is 5.41 Å². The molecule has 0 saturated carbocycles. The van der Waals surface area contributed by atoms with Crippen molar-refractivity contribution < 1.29 is 0 Å². The highest BCUT2D eigenvalue weighted by molar-refractivity contribution is 6.26. The Labute approximate surface area is 424 Å². The lowest BCUT2D eigenvalue weighted by molar-refractivity contribution is 0.662. The Hall–Kier alpha value is -9.04. The van der Waals surface area contributed by atoms with Crippen LogP contribution in [0, 0.1) is 0 Å². The third-order valence-corrected chi connectivity index (χ3v) is 17.2. The first kappa shape index (κ1) is 40.7. The average molecular weight is 926 g/mol. The molecule has 0 aromatic heterocycles. The molecule has 0 atom stereocenters. The van der Waals surface area contributed by atoms with E-state index in [0.717, 1.165) is 17.1 Å². The van der Waals surface area contributed by atoms with Crippen molar-refractivity contribution in [3.63, 3.8) is 0 Å². The number of benzene rings is 13. The third kappa shape index (κ3) is 5.36. The maximum absolute atomic E-state index is 2.62. The number of hydrogen-bond donors (Lipinski definition) is 0. The van der Waals surface area contributed by atoms with Crippen LogP contribution in [-0.4, -0.2) is 0 Å². The van der Waals surface area contributed by atoms with Crippen LogP contribution in [0.15, 0.2) is 249 Å². The molecule has 13 aromatic rings. The zero-order valence-electron chi connectivity index (χ0n) is 40.6. The second-order valence-electron chi connectivity index (χ2n) is 21.0. The fraction of sp³-hybridized carbons (Fsp3) is 0.0556. The predicted molar refractivity (Wildman–Crippen MR) is 308 cm³/mol. The molecule has 0 N–H and O–H groups in total. The summed E-state index contributed by atoms with van der Waals surface area (Å²) in [6.45, 7) is 4.85. The van der Waals surface area contributed by atoms with Crippen molar-refractivity contribution in [2.45, 2.75) is 24.7 Å². The molecular formula is C72H47N. The van der Waals surface area contributed by atoms with Crippen molar-refractivity contribution in [1.29, 1.82) is 0 Å². The van der Waals surface area contributed by atoms with E-state index in [1.54, 1.807) is 0 Å². The Kier molecular flexibility index (Phi) is 8.22. The van der Waals surface area contributed by atoms with Crippen LogP contribution in [0.1, 0.15) is 47.2 Å². The van der Waals surface area contributed by atoms with E-state index in [0.29, 0.717) is 0 Å². The van der Waals surface area contributed by atoms with E-state index in [9.17, 15) is 0 Å². The SMILES string of the molecule is CC1(C)c2ccccc2-c2cccc(-c3cc4c(cc3N(c3ccc5ccc6ccccc6c5c3)c3ccc5c6ccccc6c6ccccc6c5c3)C3(c5ccccc5-c5ccccc53)c3ccccc3-4)c21. The topological polar surface area (TPSA) is 3.24 Å². The quantitative estimate of drug-likeness (QED) is 0.159. The van der Waals surface area contributed by atoms with Crippen molar-refractivity contribution in [3.05, 3.63) is 282 Å². The summed E-state index contributed by atoms with van der Waals surface area (Å²) in [6.07, 6.45) is 0. The molecule has 0 fully saturated rings. The average Bonchev–Trinajstić information content (AvgIpc) is 4.01. The molecule has 3 aliphatic rings. The molecule has 16 rings (SSSR count). The molecule has 340 valence electrons. The Morgan fingerprint density at radius 1 is 0.260 bits per heavy atom. The molecule has 0 unspecified atom stereocenters. The number of nitrogens with zero attached hydrogens (tertiary/aromatic N) is 1. The molecular weight excluding hydrogens is 879 g/mol. The smallest absolute Gasteiger partial charge is 0.0726 e. The summed E-state index contributed by atoms with van der Waals surface area (Å²) in [7, 11) is 0. The fourth-order valence-electron chi connectivity index (χ4n) is 14.2. The highest BCUT2D eigenvalue weighted by Crippen LogP contribution is 2.65. The normalized spacial score (nSPS) is 14.1. The van der Waals surface area contributed by atoms with E-state index in [1.807, 2.05) is 0 Å². The first-order valence-electron chi connectivity index (χ1n) is 25.7. The van der Waals surface area contributed by atoms with Gasteiger partial charge in [0.25, 0.3) is 0 Å². The lowest BCUT2D eigenvalue weighted by Crippen LogP contribution is -2.26. The molecule has 1 nitrogen and oxygen atoms in total. The summed E-state index contributed by atoms with van der Waals surface area (Å²) < 4.78 is 0. The van der Waals surface area contributed by atoms with E-state index < -0.39 is 5.41 Å². The molecule has 1 heteroatoms. The van der Waals surface area contributed by atoms with Gasteiger partial charge in [0.15, 0.2) is 0 Å². The van der Waals surface area contributed by atoms with Crippen molar-refractivity contribution in [1.82, 2.24) is 0 Å². The molecule has 0 heterocycles. The minimum atomic E-state index is -0.537. The minimum Gasteiger partial charge on any atom is -0.310 e. The maximum Gasteiger partial charge on any atom is 0.0726 e. The van der Waals surface area contributed by atoms with Gasteiger partial charge in [-0.25, -0.2) is 0 Å². The molecule has 0 bridgehead atoms. The van der Waals surface area contributed by atoms with Gasteiger partial charge in [-0.1, -0.05) is 226 Å². The summed E-state index contributed by atoms with van der Waals surface area (Å²) in [5.41, 5.74) is 20.9. The van der Waals surface area contributed by atoms with E-state index in [1.165, 1.54) is 132 Å². The predicted octanol–water partition coefficient (Wildman–Crippen LogP) is 19.2. The van der Waals surface area contributed by atoms with Crippen LogP contribution in [0.25, 0.3) is 98.4 Å². The van der Waals surface area contributed by atoms with Gasteiger partial charge in [-0.05, 0) is 163 Å². The van der Waals surface area contributed by atoms with Gasteiger partial charge in [0.05, 0.1) is 11.1 Å². The lowest BCUT2D eigenvalue weighted by Gasteiger charge is -2.34. The van der Waals surface area contributed by atoms with E-state index in [2.05, 4.69) is 267 Å². The van der Waals surface area contributed by atoms with Crippen LogP contribution in [0.4, 0.5) is 17.1 Å². The van der Waals surface area contributed by atoms with Crippen molar-refractivity contribution in [3.8, 4) is 44.5 Å². The van der Waals surface area contributed by atoms with Gasteiger partial charge >= 0.3 is 0 Å². The molecule has 0 saturated heterocycles. The Morgan fingerprint density at radius 3 is 1.29 bits per heavy atom. The lowest BCUT2D eigenvalue weighted by atomic mass is 9.70. The summed E-state index contributed by atoms with van der Waals surface area (Å²) in [6, 6.07) is 94.6. The largest absolute Gasteiger partial charge is 0.310 e. The van der Waals surface area contributed by atoms with Gasteiger partial charge in [-0.3, -0.25) is 0 Å². The molecule has 1 spiro atoms. The number of rotatable bonds is 4. The van der Waals surface area contributed by atoms with Gasteiger partial charge in [-0.15, -0.1) is 0 Å². The van der Waals surface area contributed by atoms with Crippen LogP contribution >= 0.6 is 0 Å². The highest BCUT2D eigenvalue weighted by Gasteiger charge is 2.52. The molecule has 0 amide bonds. The molecule has 73 heavy (non-hydrogen) atoms. The van der Waals surface area contributed by atoms with Gasteiger partial charge in [0.2, 0.25) is 0 Å². The molecule has 3 aliphatic carbocycles. The molecule has 0 radical (unpaired) electrons. The summed E-state index contributed by atoms with van der Waals surface area (Å²) in [5, 5.41) is 12.5. The molecule has 0 aliphatic heterocycles. The Balaban J connectivity index is 1.08. The summed E-state index contributed by atoms with van der Waals surface area (Å²) in [4.78, 5) is 2.61. The number of anilines is 3. The van der Waals surface area contributed by atoms with Crippen LogP contribution in [0.3, 0.4) is 0 Å². The second kappa shape index (κ2) is 14.8. The zero-order chi connectivity index (χ0) is 48.2. The van der Waals surface area contributed by atoms with Gasteiger partial charge < -0.3 is 4.90 Å². The summed E-state index contributed by atoms with van der Waals surface area (Å²) >= 11 is 0. The third-order valence-electron chi connectivity index (χ3n) is 17.2.